The van der Waals surface area contributed by atoms with Crippen LogP contribution in [-0.4, -0.2) is 107 Å². The second kappa shape index (κ2) is 17.5. The Kier molecular flexibility index (Phi) is 13.3. The number of hydrogen-bond donors (Lipinski definition) is 5. The zero-order chi connectivity index (χ0) is 34.6. The summed E-state index contributed by atoms with van der Waals surface area (Å²) in [6.07, 6.45) is -4.53. The summed E-state index contributed by atoms with van der Waals surface area (Å²) in [4.78, 5) is 38.3. The molecule has 0 saturated carbocycles. The molecule has 2 aromatic rings. The van der Waals surface area contributed by atoms with Crippen molar-refractivity contribution in [1.82, 2.24) is 0 Å². The predicted molar refractivity (Wildman–Crippen MR) is 165 cm³/mol. The van der Waals surface area contributed by atoms with Crippen LogP contribution in [0, 0.1) is 5.92 Å². The van der Waals surface area contributed by atoms with Gasteiger partial charge in [0.1, 0.15) is 36.8 Å². The minimum Gasteiger partial charge on any atom is -0.508 e. The summed E-state index contributed by atoms with van der Waals surface area (Å²) in [6, 6.07) is 15.4. The van der Waals surface area contributed by atoms with Crippen molar-refractivity contribution in [2.75, 3.05) is 26.9 Å². The molecular weight excluding hydrogens is 632 g/mol. The second-order valence-corrected chi connectivity index (χ2v) is 10.8. The molecule has 2 aliphatic rings. The lowest BCUT2D eigenvalue weighted by Gasteiger charge is -2.42. The zero-order valence-corrected chi connectivity index (χ0v) is 26.0. The van der Waals surface area contributed by atoms with Gasteiger partial charge in [-0.3, -0.25) is 4.79 Å². The molecule has 0 bridgehead atoms. The molecule has 2 heterocycles. The molecule has 2 aliphatic heterocycles. The van der Waals surface area contributed by atoms with Gasteiger partial charge in [0, 0.05) is 24.0 Å². The summed E-state index contributed by atoms with van der Waals surface area (Å²) in [5.74, 6) is -3.25. The first-order valence-corrected chi connectivity index (χ1v) is 15.0. The summed E-state index contributed by atoms with van der Waals surface area (Å²) in [5, 5.41) is 50.1. The third-order valence-corrected chi connectivity index (χ3v) is 7.61. The van der Waals surface area contributed by atoms with E-state index in [2.05, 4.69) is 0 Å². The van der Waals surface area contributed by atoms with Gasteiger partial charge in [-0.15, -0.1) is 0 Å². The molecule has 2 aromatic carbocycles. The van der Waals surface area contributed by atoms with Crippen LogP contribution in [-0.2, 0) is 49.2 Å². The number of rotatable bonds is 13. The number of aliphatic hydroxyl groups excluding tert-OH is 4. The number of methoxy groups -OCH3 is 1. The van der Waals surface area contributed by atoms with Crippen LogP contribution in [0.4, 0.5) is 0 Å². The SMILES string of the molecule is COC(=O)C1=COC(OC2OC(CO)C(O)C(O)C2O)C(=CCOC(=O)C=Cc2ccccc2)C1CC(=O)OCCc1ccc(O)cc1. The van der Waals surface area contributed by atoms with Crippen molar-refractivity contribution in [3.8, 4) is 5.75 Å². The van der Waals surface area contributed by atoms with Crippen LogP contribution < -0.4 is 0 Å². The minimum absolute atomic E-state index is 0.0146. The molecule has 4 rings (SSSR count). The van der Waals surface area contributed by atoms with Crippen molar-refractivity contribution in [2.45, 2.75) is 49.8 Å². The van der Waals surface area contributed by atoms with Crippen LogP contribution in [0.5, 0.6) is 5.75 Å². The number of hydrogen-bond acceptors (Lipinski definition) is 14. The van der Waals surface area contributed by atoms with Gasteiger partial charge in [0.2, 0.25) is 6.29 Å². The van der Waals surface area contributed by atoms with Crippen molar-refractivity contribution in [3.05, 3.63) is 95.3 Å². The van der Waals surface area contributed by atoms with Gasteiger partial charge in [0.05, 0.1) is 38.6 Å². The normalized spacial score (nSPS) is 26.4. The maximum absolute atomic E-state index is 13.1. The van der Waals surface area contributed by atoms with Gasteiger partial charge >= 0.3 is 17.9 Å². The molecular formula is C34H38O14. The smallest absolute Gasteiger partial charge is 0.337 e. The first kappa shape index (κ1) is 36.3. The fourth-order valence-electron chi connectivity index (χ4n) is 4.99. The highest BCUT2D eigenvalue weighted by Crippen LogP contribution is 2.36. The molecule has 0 aromatic heterocycles. The van der Waals surface area contributed by atoms with E-state index >= 15 is 0 Å². The van der Waals surface area contributed by atoms with Crippen LogP contribution in [0.25, 0.3) is 6.08 Å². The Morgan fingerprint density at radius 1 is 0.938 bits per heavy atom. The van der Waals surface area contributed by atoms with Gasteiger partial charge in [0.25, 0.3) is 0 Å². The van der Waals surface area contributed by atoms with E-state index in [-0.39, 0.29) is 30.1 Å². The van der Waals surface area contributed by atoms with Gasteiger partial charge in [0.15, 0.2) is 6.29 Å². The van der Waals surface area contributed by atoms with E-state index in [1.54, 1.807) is 42.5 Å². The van der Waals surface area contributed by atoms with Crippen molar-refractivity contribution in [1.29, 1.82) is 0 Å². The van der Waals surface area contributed by atoms with Gasteiger partial charge < -0.3 is 54.0 Å². The third kappa shape index (κ3) is 9.73. The van der Waals surface area contributed by atoms with E-state index in [9.17, 15) is 39.9 Å². The Morgan fingerprint density at radius 2 is 1.67 bits per heavy atom. The maximum atomic E-state index is 13.1. The number of ether oxygens (including phenoxy) is 6. The van der Waals surface area contributed by atoms with Crippen LogP contribution >= 0.6 is 0 Å². The molecule has 0 amide bonds. The fraction of sp³-hybridized carbons (Fsp3) is 0.382. The summed E-state index contributed by atoms with van der Waals surface area (Å²) in [6.45, 7) is -1.10. The molecule has 1 saturated heterocycles. The minimum atomic E-state index is -1.79. The molecule has 14 heteroatoms. The number of carbonyl (C=O) groups excluding carboxylic acids is 3. The number of esters is 3. The summed E-state index contributed by atoms with van der Waals surface area (Å²) in [7, 11) is 1.14. The Morgan fingerprint density at radius 3 is 2.35 bits per heavy atom. The van der Waals surface area contributed by atoms with Crippen LogP contribution in [0.2, 0.25) is 0 Å². The first-order chi connectivity index (χ1) is 23.1. The van der Waals surface area contributed by atoms with Gasteiger partial charge in [-0.2, -0.15) is 0 Å². The largest absolute Gasteiger partial charge is 0.508 e. The molecule has 14 nitrogen and oxygen atoms in total. The highest BCUT2D eigenvalue weighted by atomic mass is 16.8. The number of carbonyl (C=O) groups is 3. The third-order valence-electron chi connectivity index (χ3n) is 7.61. The quantitative estimate of drug-likeness (QED) is 0.0869. The lowest BCUT2D eigenvalue weighted by atomic mass is 9.86. The van der Waals surface area contributed by atoms with Gasteiger partial charge in [-0.1, -0.05) is 42.5 Å². The lowest BCUT2D eigenvalue weighted by Crippen LogP contribution is -2.60. The fourth-order valence-corrected chi connectivity index (χ4v) is 4.99. The average Bonchev–Trinajstić information content (AvgIpc) is 3.09. The standard InChI is InChI=1S/C34H38O14/c1-43-32(42)25-19-46-33(48-34-31(41)30(40)29(39)26(18-35)47-34)23(14-16-44-27(37)12-9-20-5-3-2-4-6-20)24(25)17-28(38)45-15-13-21-7-10-22(36)11-8-21/h2-12,14,19,24,26,29-31,33-36,39-41H,13,15-18H2,1H3. The van der Waals surface area contributed by atoms with Crippen molar-refractivity contribution in [3.63, 3.8) is 0 Å². The summed E-state index contributed by atoms with van der Waals surface area (Å²) in [5.41, 5.74) is 1.56. The van der Waals surface area contributed by atoms with Gasteiger partial charge in [-0.25, -0.2) is 9.59 Å². The Hall–Kier alpha value is -4.57. The van der Waals surface area contributed by atoms with E-state index in [4.69, 9.17) is 28.4 Å². The van der Waals surface area contributed by atoms with Gasteiger partial charge in [-0.05, 0) is 35.4 Å². The topological polar surface area (TPSA) is 208 Å². The zero-order valence-electron chi connectivity index (χ0n) is 26.0. The highest BCUT2D eigenvalue weighted by Gasteiger charge is 2.47. The average molecular weight is 671 g/mol. The summed E-state index contributed by atoms with van der Waals surface area (Å²) >= 11 is 0. The molecule has 7 unspecified atom stereocenters. The molecule has 1 fully saturated rings. The summed E-state index contributed by atoms with van der Waals surface area (Å²) < 4.78 is 32.6. The van der Waals surface area contributed by atoms with E-state index in [1.165, 1.54) is 24.3 Å². The van der Waals surface area contributed by atoms with Crippen LogP contribution in [0.3, 0.4) is 0 Å². The van der Waals surface area contributed by atoms with Crippen molar-refractivity contribution in [2.24, 2.45) is 5.92 Å². The van der Waals surface area contributed by atoms with Crippen molar-refractivity contribution >= 4 is 24.0 Å². The highest BCUT2D eigenvalue weighted by molar-refractivity contribution is 5.91. The first-order valence-electron chi connectivity index (χ1n) is 15.0. The van der Waals surface area contributed by atoms with E-state index in [0.29, 0.717) is 6.42 Å². The van der Waals surface area contributed by atoms with E-state index in [0.717, 1.165) is 24.5 Å². The Labute approximate surface area is 276 Å². The number of aromatic hydroxyl groups is 1. The van der Waals surface area contributed by atoms with Crippen LogP contribution in [0.1, 0.15) is 17.5 Å². The molecule has 5 N–H and O–H groups in total. The monoisotopic (exact) mass is 670 g/mol. The molecule has 258 valence electrons. The van der Waals surface area contributed by atoms with E-state index < -0.39 is 73.8 Å². The number of phenolic OH excluding ortho intramolecular Hbond substituents is 1. The van der Waals surface area contributed by atoms with E-state index in [1.807, 2.05) is 6.07 Å². The molecule has 48 heavy (non-hydrogen) atoms. The molecule has 0 spiro atoms. The number of phenols is 1. The second-order valence-electron chi connectivity index (χ2n) is 10.8. The Balaban J connectivity index is 1.55. The number of benzene rings is 2. The van der Waals surface area contributed by atoms with Crippen LogP contribution in [0.15, 0.2) is 84.2 Å². The lowest BCUT2D eigenvalue weighted by molar-refractivity contribution is -0.327. The molecule has 0 radical (unpaired) electrons. The molecule has 7 atom stereocenters. The number of aliphatic hydroxyl groups is 4. The maximum Gasteiger partial charge on any atom is 0.337 e. The van der Waals surface area contributed by atoms with Crippen molar-refractivity contribution < 1.29 is 68.3 Å². The molecule has 0 aliphatic carbocycles. The predicted octanol–water partition coefficient (Wildman–Crippen LogP) is 0.897. The Bertz CT molecular complexity index is 1470.